The number of aryl methyl sites for hydroxylation is 3. The van der Waals surface area contributed by atoms with Gasteiger partial charge in [-0.3, -0.25) is 14.5 Å². The van der Waals surface area contributed by atoms with Crippen LogP contribution in [-0.2, 0) is 21.4 Å². The average Bonchev–Trinajstić information content (AvgIpc) is 2.95. The predicted molar refractivity (Wildman–Crippen MR) is 139 cm³/mol. The van der Waals surface area contributed by atoms with Crippen LogP contribution in [0.25, 0.3) is 10.9 Å². The van der Waals surface area contributed by atoms with Crippen molar-refractivity contribution in [2.45, 2.75) is 51.3 Å². The Morgan fingerprint density at radius 3 is 2.59 bits per heavy atom. The first-order chi connectivity index (χ1) is 16.3. The third-order valence-electron chi connectivity index (χ3n) is 6.03. The van der Waals surface area contributed by atoms with E-state index < -0.39 is 6.04 Å². The number of aromatic nitrogens is 1. The first-order valence-electron chi connectivity index (χ1n) is 11.8. The van der Waals surface area contributed by atoms with E-state index in [9.17, 15) is 9.59 Å². The van der Waals surface area contributed by atoms with E-state index in [-0.39, 0.29) is 23.7 Å². The smallest absolute Gasteiger partial charge is 0.247 e. The van der Waals surface area contributed by atoms with Crippen LogP contribution in [0.1, 0.15) is 43.0 Å². The molecule has 2 aromatic carbocycles. The van der Waals surface area contributed by atoms with E-state index in [2.05, 4.69) is 22.0 Å². The van der Waals surface area contributed by atoms with Gasteiger partial charge in [-0.1, -0.05) is 36.0 Å². The lowest BCUT2D eigenvalue weighted by atomic mass is 10.0. The first-order valence-corrected chi connectivity index (χ1v) is 12.8. The summed E-state index contributed by atoms with van der Waals surface area (Å²) in [5.41, 5.74) is 4.82. The van der Waals surface area contributed by atoms with Crippen molar-refractivity contribution in [1.29, 1.82) is 0 Å². The summed E-state index contributed by atoms with van der Waals surface area (Å²) in [5, 5.41) is 5.05. The summed E-state index contributed by atoms with van der Waals surface area (Å²) in [5.74, 6) is 0.0339. The molecule has 1 atom stereocenters. The molecule has 1 aliphatic rings. The van der Waals surface area contributed by atoms with Crippen LogP contribution in [-0.4, -0.2) is 41.4 Å². The van der Waals surface area contributed by atoms with Gasteiger partial charge in [0.25, 0.3) is 0 Å². The average molecular weight is 480 g/mol. The van der Waals surface area contributed by atoms with Crippen LogP contribution in [0.5, 0.6) is 0 Å². The lowest BCUT2D eigenvalue weighted by Crippen LogP contribution is -2.44. The van der Waals surface area contributed by atoms with Gasteiger partial charge in [0.05, 0.1) is 16.9 Å². The number of fused-ring (bicyclic) bond motifs is 3. The Morgan fingerprint density at radius 2 is 1.88 bits per heavy atom. The molecule has 0 fully saturated rings. The van der Waals surface area contributed by atoms with Crippen molar-refractivity contribution < 1.29 is 14.3 Å². The zero-order chi connectivity index (χ0) is 24.4. The van der Waals surface area contributed by atoms with Crippen molar-refractivity contribution in [2.24, 2.45) is 7.05 Å². The highest BCUT2D eigenvalue weighted by Crippen LogP contribution is 2.43. The highest BCUT2D eigenvalue weighted by molar-refractivity contribution is 8.00. The molecule has 4 rings (SSSR count). The number of para-hydroxylation sites is 1. The van der Waals surface area contributed by atoms with Crippen molar-refractivity contribution in [2.75, 3.05) is 23.8 Å². The maximum Gasteiger partial charge on any atom is 0.247 e. The molecule has 0 spiro atoms. The van der Waals surface area contributed by atoms with Crippen LogP contribution in [0.2, 0.25) is 0 Å². The summed E-state index contributed by atoms with van der Waals surface area (Å²) in [6, 6.07) is 13.4. The van der Waals surface area contributed by atoms with Crippen LogP contribution in [0.15, 0.2) is 47.5 Å². The van der Waals surface area contributed by atoms with Crippen molar-refractivity contribution >= 4 is 40.2 Å². The van der Waals surface area contributed by atoms with Gasteiger partial charge >= 0.3 is 0 Å². The maximum atomic E-state index is 13.8. The van der Waals surface area contributed by atoms with Crippen molar-refractivity contribution in [1.82, 2.24) is 9.88 Å². The Bertz CT molecular complexity index is 1200. The Hall–Kier alpha value is -2.77. The number of hydrogen-bond donors (Lipinski definition) is 1. The molecule has 1 aromatic heterocycles. The third-order valence-corrected chi connectivity index (χ3v) is 7.19. The Labute approximate surface area is 205 Å². The van der Waals surface area contributed by atoms with E-state index in [0.717, 1.165) is 38.3 Å². The minimum atomic E-state index is -0.754. The zero-order valence-corrected chi connectivity index (χ0v) is 21.4. The third kappa shape index (κ3) is 4.86. The van der Waals surface area contributed by atoms with Gasteiger partial charge in [0, 0.05) is 42.4 Å². The van der Waals surface area contributed by atoms with Gasteiger partial charge in [-0.2, -0.15) is 0 Å². The number of carbonyl (C=O) groups is 2. The molecule has 2 amide bonds. The Balaban J connectivity index is 1.79. The van der Waals surface area contributed by atoms with Gasteiger partial charge in [-0.05, 0) is 63.4 Å². The molecule has 7 heteroatoms. The fourth-order valence-corrected chi connectivity index (χ4v) is 5.71. The molecule has 0 saturated carbocycles. The van der Waals surface area contributed by atoms with Crippen molar-refractivity contribution in [3.8, 4) is 0 Å². The molecule has 0 bridgehead atoms. The summed E-state index contributed by atoms with van der Waals surface area (Å²) in [7, 11) is 2.00. The van der Waals surface area contributed by atoms with Crippen LogP contribution in [0.3, 0.4) is 0 Å². The molecule has 1 unspecified atom stereocenters. The largest absolute Gasteiger partial charge is 0.379 e. The molecule has 6 nitrogen and oxygen atoms in total. The summed E-state index contributed by atoms with van der Waals surface area (Å²) >= 11 is 1.50. The number of hydrogen-bond acceptors (Lipinski definition) is 4. The molecule has 0 aliphatic carbocycles. The molecular formula is C27H33N3O3S. The van der Waals surface area contributed by atoms with Gasteiger partial charge in [0.1, 0.15) is 6.04 Å². The van der Waals surface area contributed by atoms with E-state index in [1.165, 1.54) is 11.8 Å². The SMILES string of the molecule is Cc1cc(C)cc(N2C(=O)CSc3c(c4ccccc4n3C)C2C(=O)NCCCOC(C)C)c1. The number of nitrogens with one attached hydrogen (secondary N) is 1. The summed E-state index contributed by atoms with van der Waals surface area (Å²) in [6.45, 7) is 9.09. The minimum absolute atomic E-state index is 0.0708. The van der Waals surface area contributed by atoms with Crippen molar-refractivity contribution in [3.63, 3.8) is 0 Å². The van der Waals surface area contributed by atoms with Crippen LogP contribution in [0.4, 0.5) is 5.69 Å². The second kappa shape index (κ2) is 10.2. The Morgan fingerprint density at radius 1 is 1.18 bits per heavy atom. The number of amides is 2. The minimum Gasteiger partial charge on any atom is -0.379 e. The molecular weight excluding hydrogens is 446 g/mol. The number of thioether (sulfide) groups is 1. The second-order valence-corrected chi connectivity index (χ2v) is 10.1. The Kier molecular flexibility index (Phi) is 7.33. The molecule has 1 aliphatic heterocycles. The standard InChI is InChI=1S/C27H33N3O3S/c1-17(2)33-12-8-11-28-26(32)25-24-21-9-6-7-10-22(21)29(5)27(24)34-16-23(31)30(25)20-14-18(3)13-19(4)15-20/h6-7,9-10,13-15,17,25H,8,11-12,16H2,1-5H3,(H,28,32). The molecule has 0 saturated heterocycles. The molecule has 3 aromatic rings. The van der Waals surface area contributed by atoms with Crippen LogP contribution < -0.4 is 10.2 Å². The number of rotatable bonds is 7. The quantitative estimate of drug-likeness (QED) is 0.489. The van der Waals surface area contributed by atoms with Gasteiger partial charge in [-0.25, -0.2) is 0 Å². The van der Waals surface area contributed by atoms with E-state index in [1.54, 1.807) is 4.90 Å². The van der Waals surface area contributed by atoms with E-state index >= 15 is 0 Å². The second-order valence-electron chi connectivity index (χ2n) is 9.16. The lowest BCUT2D eigenvalue weighted by molar-refractivity contribution is -0.125. The molecule has 1 N–H and O–H groups in total. The normalized spacial score (nSPS) is 16.1. The van der Waals surface area contributed by atoms with E-state index in [4.69, 9.17) is 4.74 Å². The van der Waals surface area contributed by atoms with Gasteiger partial charge in [-0.15, -0.1) is 0 Å². The zero-order valence-electron chi connectivity index (χ0n) is 20.6. The number of anilines is 1. The van der Waals surface area contributed by atoms with Gasteiger partial charge < -0.3 is 14.6 Å². The number of ether oxygens (including phenoxy) is 1. The summed E-state index contributed by atoms with van der Waals surface area (Å²) in [6.07, 6.45) is 0.871. The molecule has 0 radical (unpaired) electrons. The predicted octanol–water partition coefficient (Wildman–Crippen LogP) is 4.91. The lowest BCUT2D eigenvalue weighted by Gasteiger charge is -2.30. The van der Waals surface area contributed by atoms with Crippen LogP contribution >= 0.6 is 11.8 Å². The van der Waals surface area contributed by atoms with E-state index in [0.29, 0.717) is 19.6 Å². The highest BCUT2D eigenvalue weighted by Gasteiger charge is 2.39. The molecule has 2 heterocycles. The monoisotopic (exact) mass is 479 g/mol. The molecule has 34 heavy (non-hydrogen) atoms. The topological polar surface area (TPSA) is 63.6 Å². The summed E-state index contributed by atoms with van der Waals surface area (Å²) in [4.78, 5) is 29.0. The van der Waals surface area contributed by atoms with Crippen LogP contribution in [0, 0.1) is 13.8 Å². The number of nitrogens with zero attached hydrogens (tertiary/aromatic N) is 2. The maximum absolute atomic E-state index is 13.8. The van der Waals surface area contributed by atoms with Gasteiger partial charge in [0.2, 0.25) is 11.8 Å². The van der Waals surface area contributed by atoms with E-state index in [1.807, 2.05) is 65.1 Å². The highest BCUT2D eigenvalue weighted by atomic mass is 32.2. The van der Waals surface area contributed by atoms with Crippen molar-refractivity contribution in [3.05, 3.63) is 59.2 Å². The first kappa shape index (κ1) is 24.4. The number of benzene rings is 2. The number of carbonyl (C=O) groups excluding carboxylic acids is 2. The van der Waals surface area contributed by atoms with Gasteiger partial charge in [0.15, 0.2) is 0 Å². The fraction of sp³-hybridized carbons (Fsp3) is 0.407. The summed E-state index contributed by atoms with van der Waals surface area (Å²) < 4.78 is 7.72. The molecule has 180 valence electrons. The fourth-order valence-electron chi connectivity index (χ4n) is 4.64.